The Bertz CT molecular complexity index is 770. The zero-order chi connectivity index (χ0) is 18.0. The van der Waals surface area contributed by atoms with E-state index >= 15 is 0 Å². The Labute approximate surface area is 141 Å². The van der Waals surface area contributed by atoms with Crippen molar-refractivity contribution in [1.29, 1.82) is 0 Å². The minimum absolute atomic E-state index is 0.229. The summed E-state index contributed by atoms with van der Waals surface area (Å²) in [6, 6.07) is 7.35. The van der Waals surface area contributed by atoms with Gasteiger partial charge in [0.15, 0.2) is 0 Å². The summed E-state index contributed by atoms with van der Waals surface area (Å²) in [7, 11) is 0. The molecule has 4 nitrogen and oxygen atoms in total. The topological polar surface area (TPSA) is 36.4 Å². The van der Waals surface area contributed by atoms with E-state index in [1.165, 1.54) is 24.3 Å². The molecule has 1 aromatic heterocycles. The van der Waals surface area contributed by atoms with Crippen molar-refractivity contribution in [1.82, 2.24) is 9.88 Å². The van der Waals surface area contributed by atoms with Crippen molar-refractivity contribution in [2.45, 2.75) is 6.18 Å². The molecule has 0 radical (unpaired) electrons. The molecular weight excluding hydrogens is 338 g/mol. The van der Waals surface area contributed by atoms with Gasteiger partial charge in [0, 0.05) is 37.9 Å². The highest BCUT2D eigenvalue weighted by Gasteiger charge is 2.31. The van der Waals surface area contributed by atoms with Crippen LogP contribution in [0.4, 0.5) is 23.4 Å². The minimum atomic E-state index is -4.42. The van der Waals surface area contributed by atoms with E-state index in [0.717, 1.165) is 18.3 Å². The second kappa shape index (κ2) is 6.70. The van der Waals surface area contributed by atoms with Crippen LogP contribution in [0.2, 0.25) is 0 Å². The summed E-state index contributed by atoms with van der Waals surface area (Å²) in [5.41, 5.74) is -0.499. The molecule has 0 bridgehead atoms. The average Bonchev–Trinajstić information content (AvgIpc) is 2.61. The van der Waals surface area contributed by atoms with Crippen LogP contribution >= 0.6 is 0 Å². The van der Waals surface area contributed by atoms with Crippen molar-refractivity contribution >= 4 is 11.7 Å². The first-order chi connectivity index (χ1) is 11.8. The number of aromatic nitrogens is 1. The van der Waals surface area contributed by atoms with Crippen LogP contribution in [-0.4, -0.2) is 42.0 Å². The molecule has 0 aliphatic carbocycles. The molecule has 1 amide bonds. The molecule has 1 saturated heterocycles. The van der Waals surface area contributed by atoms with Gasteiger partial charge >= 0.3 is 6.18 Å². The normalized spacial score (nSPS) is 15.4. The molecular formula is C17H15F4N3O. The number of pyridine rings is 1. The molecule has 8 heteroatoms. The number of piperazine rings is 1. The van der Waals surface area contributed by atoms with E-state index < -0.39 is 17.6 Å². The van der Waals surface area contributed by atoms with E-state index in [-0.39, 0.29) is 17.3 Å². The van der Waals surface area contributed by atoms with Gasteiger partial charge in [0.05, 0.1) is 5.56 Å². The maximum absolute atomic E-state index is 13.2. The highest BCUT2D eigenvalue weighted by molar-refractivity contribution is 5.94. The Hall–Kier alpha value is -2.64. The molecule has 1 fully saturated rings. The zero-order valence-electron chi connectivity index (χ0n) is 13.1. The van der Waals surface area contributed by atoms with Gasteiger partial charge in [0.2, 0.25) is 0 Å². The van der Waals surface area contributed by atoms with E-state index in [4.69, 9.17) is 0 Å². The van der Waals surface area contributed by atoms with Gasteiger partial charge in [0.25, 0.3) is 5.91 Å². The number of carbonyl (C=O) groups is 1. The highest BCUT2D eigenvalue weighted by atomic mass is 19.4. The Morgan fingerprint density at radius 2 is 1.76 bits per heavy atom. The lowest BCUT2D eigenvalue weighted by Gasteiger charge is -2.35. The predicted molar refractivity (Wildman–Crippen MR) is 83.8 cm³/mol. The average molecular weight is 353 g/mol. The molecule has 3 rings (SSSR count). The molecule has 132 valence electrons. The van der Waals surface area contributed by atoms with Crippen LogP contribution in [0.3, 0.4) is 0 Å². The first-order valence-electron chi connectivity index (χ1n) is 7.67. The van der Waals surface area contributed by atoms with E-state index in [0.29, 0.717) is 26.2 Å². The van der Waals surface area contributed by atoms with Gasteiger partial charge in [-0.25, -0.2) is 9.37 Å². The Balaban J connectivity index is 1.67. The number of hydrogen-bond acceptors (Lipinski definition) is 3. The molecule has 2 aromatic rings. The number of nitrogens with zero attached hydrogens (tertiary/aromatic N) is 3. The van der Waals surface area contributed by atoms with Crippen molar-refractivity contribution in [3.63, 3.8) is 0 Å². The molecule has 1 aliphatic heterocycles. The molecule has 0 atom stereocenters. The summed E-state index contributed by atoms with van der Waals surface area (Å²) in [4.78, 5) is 19.6. The first-order valence-corrected chi connectivity index (χ1v) is 7.67. The fourth-order valence-electron chi connectivity index (χ4n) is 2.71. The molecule has 25 heavy (non-hydrogen) atoms. The quantitative estimate of drug-likeness (QED) is 0.778. The summed E-state index contributed by atoms with van der Waals surface area (Å²) in [5, 5.41) is 0. The van der Waals surface area contributed by atoms with E-state index in [9.17, 15) is 22.4 Å². The number of alkyl halides is 3. The standard InChI is InChI=1S/C17H15F4N3O/c18-14-3-1-2-12(10-14)16(25)24-8-6-23(7-9-24)15-11-13(4-5-22-15)17(19,20)21/h1-5,10-11H,6-9H2. The van der Waals surface area contributed by atoms with Gasteiger partial charge in [-0.05, 0) is 30.3 Å². The minimum Gasteiger partial charge on any atom is -0.353 e. The van der Waals surface area contributed by atoms with Crippen LogP contribution in [-0.2, 0) is 6.18 Å². The summed E-state index contributed by atoms with van der Waals surface area (Å²) < 4.78 is 51.6. The van der Waals surface area contributed by atoms with Gasteiger partial charge in [-0.15, -0.1) is 0 Å². The van der Waals surface area contributed by atoms with Crippen molar-refractivity contribution in [3.8, 4) is 0 Å². The number of hydrogen-bond donors (Lipinski definition) is 0. The van der Waals surface area contributed by atoms with Crippen LogP contribution in [0.25, 0.3) is 0 Å². The molecule has 1 aromatic carbocycles. The third-order valence-electron chi connectivity index (χ3n) is 4.04. The number of anilines is 1. The zero-order valence-corrected chi connectivity index (χ0v) is 13.1. The smallest absolute Gasteiger partial charge is 0.353 e. The van der Waals surface area contributed by atoms with Crippen molar-refractivity contribution in [2.75, 3.05) is 31.1 Å². The summed E-state index contributed by atoms with van der Waals surface area (Å²) in [6.45, 7) is 1.37. The molecule has 2 heterocycles. The van der Waals surface area contributed by atoms with Gasteiger partial charge < -0.3 is 9.80 Å². The van der Waals surface area contributed by atoms with Crippen LogP contribution in [0.15, 0.2) is 42.6 Å². The second-order valence-corrected chi connectivity index (χ2v) is 5.69. The van der Waals surface area contributed by atoms with Crippen LogP contribution in [0, 0.1) is 5.82 Å². The lowest BCUT2D eigenvalue weighted by Crippen LogP contribution is -2.49. The van der Waals surface area contributed by atoms with Gasteiger partial charge in [0.1, 0.15) is 11.6 Å². The predicted octanol–water partition coefficient (Wildman–Crippen LogP) is 3.20. The maximum Gasteiger partial charge on any atom is 0.416 e. The molecule has 0 unspecified atom stereocenters. The number of halogens is 4. The highest BCUT2D eigenvalue weighted by Crippen LogP contribution is 2.30. The SMILES string of the molecule is O=C(c1cccc(F)c1)N1CCN(c2cc(C(F)(F)F)ccn2)CC1. The van der Waals surface area contributed by atoms with E-state index in [1.807, 2.05) is 0 Å². The Morgan fingerprint density at radius 3 is 2.40 bits per heavy atom. The van der Waals surface area contributed by atoms with Crippen LogP contribution < -0.4 is 4.90 Å². The number of amides is 1. The molecule has 0 saturated carbocycles. The van der Waals surface area contributed by atoms with Crippen molar-refractivity contribution in [2.24, 2.45) is 0 Å². The second-order valence-electron chi connectivity index (χ2n) is 5.69. The maximum atomic E-state index is 13.2. The van der Waals surface area contributed by atoms with Gasteiger partial charge in [-0.3, -0.25) is 4.79 Å². The fraction of sp³-hybridized carbons (Fsp3) is 0.294. The lowest BCUT2D eigenvalue weighted by molar-refractivity contribution is -0.137. The van der Waals surface area contributed by atoms with E-state index in [2.05, 4.69) is 4.98 Å². The van der Waals surface area contributed by atoms with Crippen LogP contribution in [0.5, 0.6) is 0 Å². The third-order valence-corrected chi connectivity index (χ3v) is 4.04. The number of benzene rings is 1. The summed E-state index contributed by atoms with van der Waals surface area (Å²) in [5.74, 6) is -0.554. The monoisotopic (exact) mass is 353 g/mol. The summed E-state index contributed by atoms with van der Waals surface area (Å²) >= 11 is 0. The fourth-order valence-corrected chi connectivity index (χ4v) is 2.71. The number of rotatable bonds is 2. The van der Waals surface area contributed by atoms with E-state index in [1.54, 1.807) is 9.80 Å². The molecule has 0 N–H and O–H groups in total. The molecule has 0 spiro atoms. The Kier molecular flexibility index (Phi) is 4.61. The molecule has 1 aliphatic rings. The Morgan fingerprint density at radius 1 is 1.04 bits per heavy atom. The van der Waals surface area contributed by atoms with Crippen LogP contribution in [0.1, 0.15) is 15.9 Å². The third kappa shape index (κ3) is 3.89. The largest absolute Gasteiger partial charge is 0.416 e. The van der Waals surface area contributed by atoms with Crippen molar-refractivity contribution in [3.05, 3.63) is 59.5 Å². The van der Waals surface area contributed by atoms with Gasteiger partial charge in [-0.2, -0.15) is 13.2 Å². The lowest BCUT2D eigenvalue weighted by atomic mass is 10.1. The number of carbonyl (C=O) groups excluding carboxylic acids is 1. The summed E-state index contributed by atoms with van der Waals surface area (Å²) in [6.07, 6.45) is -3.30. The van der Waals surface area contributed by atoms with Crippen molar-refractivity contribution < 1.29 is 22.4 Å². The van der Waals surface area contributed by atoms with Gasteiger partial charge in [-0.1, -0.05) is 6.07 Å². The first kappa shape index (κ1) is 17.2.